The number of hydrogen-bond donors (Lipinski definition) is 1. The van der Waals surface area contributed by atoms with Crippen molar-refractivity contribution in [1.82, 2.24) is 15.1 Å². The number of carbonyl (C=O) groups excluding carboxylic acids is 1. The van der Waals surface area contributed by atoms with E-state index in [1.54, 1.807) is 4.90 Å². The smallest absolute Gasteiger partial charge is 0.239 e. The predicted molar refractivity (Wildman–Crippen MR) is 73.5 cm³/mol. The molecule has 104 valence electrons. The molecule has 0 spiro atoms. The number of rotatable bonds is 4. The number of likely N-dealkylation sites (N-methyl/N-ethyl adjacent to an activating group) is 1. The fraction of sp³-hybridized carbons (Fsp3) is 0.929. The summed E-state index contributed by atoms with van der Waals surface area (Å²) in [5.41, 5.74) is 0. The molecule has 3 unspecified atom stereocenters. The molecule has 2 aliphatic rings. The first kappa shape index (κ1) is 13.8. The Balaban J connectivity index is 2.02. The van der Waals surface area contributed by atoms with Crippen LogP contribution in [-0.4, -0.2) is 60.5 Å². The summed E-state index contributed by atoms with van der Waals surface area (Å²) < 4.78 is 0. The van der Waals surface area contributed by atoms with E-state index in [1.165, 1.54) is 25.7 Å². The van der Waals surface area contributed by atoms with Crippen LogP contribution in [0.15, 0.2) is 0 Å². The van der Waals surface area contributed by atoms with Crippen molar-refractivity contribution < 1.29 is 4.79 Å². The van der Waals surface area contributed by atoms with Crippen LogP contribution in [0.5, 0.6) is 0 Å². The summed E-state index contributed by atoms with van der Waals surface area (Å²) in [6, 6.07) is 1.91. The fourth-order valence-electron chi connectivity index (χ4n) is 3.80. The highest BCUT2D eigenvalue weighted by molar-refractivity contribution is 5.81. The summed E-state index contributed by atoms with van der Waals surface area (Å²) in [4.78, 5) is 16.3. The third-order valence-electron chi connectivity index (χ3n) is 4.53. The molecule has 2 rings (SSSR count). The van der Waals surface area contributed by atoms with Gasteiger partial charge < -0.3 is 10.2 Å². The molecule has 4 heteroatoms. The fourth-order valence-corrected chi connectivity index (χ4v) is 3.80. The lowest BCUT2D eigenvalue weighted by Crippen LogP contribution is -2.56. The Kier molecular flexibility index (Phi) is 4.28. The monoisotopic (exact) mass is 253 g/mol. The minimum atomic E-state index is 0.0417. The van der Waals surface area contributed by atoms with Crippen LogP contribution in [0, 0.1) is 0 Å². The number of carbonyl (C=O) groups is 1. The van der Waals surface area contributed by atoms with Crippen LogP contribution in [-0.2, 0) is 4.79 Å². The van der Waals surface area contributed by atoms with Crippen LogP contribution in [0.4, 0.5) is 0 Å². The van der Waals surface area contributed by atoms with Gasteiger partial charge in [0.2, 0.25) is 5.91 Å². The van der Waals surface area contributed by atoms with Gasteiger partial charge in [0, 0.05) is 32.2 Å². The van der Waals surface area contributed by atoms with E-state index >= 15 is 0 Å². The second kappa shape index (κ2) is 5.57. The number of hydrogen-bond acceptors (Lipinski definition) is 3. The molecule has 2 heterocycles. The van der Waals surface area contributed by atoms with E-state index in [1.807, 2.05) is 14.1 Å². The zero-order chi connectivity index (χ0) is 13.3. The van der Waals surface area contributed by atoms with Crippen LogP contribution in [0.1, 0.15) is 39.5 Å². The van der Waals surface area contributed by atoms with Crippen LogP contribution >= 0.6 is 0 Å². The zero-order valence-corrected chi connectivity index (χ0v) is 12.1. The minimum Gasteiger partial charge on any atom is -0.347 e. The molecule has 0 radical (unpaired) electrons. The van der Waals surface area contributed by atoms with Crippen molar-refractivity contribution in [2.24, 2.45) is 0 Å². The SMILES string of the molecule is CCNC1CC2CCC(C1)N2C(C)C(=O)N(C)C. The van der Waals surface area contributed by atoms with Crippen molar-refractivity contribution in [3.8, 4) is 0 Å². The van der Waals surface area contributed by atoms with E-state index < -0.39 is 0 Å². The first-order chi connectivity index (χ1) is 8.54. The van der Waals surface area contributed by atoms with Crippen molar-refractivity contribution in [3.63, 3.8) is 0 Å². The van der Waals surface area contributed by atoms with E-state index in [0.717, 1.165) is 6.54 Å². The second-order valence-corrected chi connectivity index (χ2v) is 5.97. The Labute approximate surface area is 111 Å². The van der Waals surface area contributed by atoms with Gasteiger partial charge in [-0.3, -0.25) is 9.69 Å². The molecule has 1 N–H and O–H groups in total. The van der Waals surface area contributed by atoms with Crippen molar-refractivity contribution >= 4 is 5.91 Å². The molecule has 3 atom stereocenters. The Morgan fingerprint density at radius 1 is 1.33 bits per heavy atom. The molecule has 0 aromatic rings. The average molecular weight is 253 g/mol. The molecular formula is C14H27N3O. The summed E-state index contributed by atoms with van der Waals surface area (Å²) in [5, 5.41) is 3.57. The molecule has 1 amide bonds. The number of nitrogens with zero attached hydrogens (tertiary/aromatic N) is 2. The molecule has 18 heavy (non-hydrogen) atoms. The highest BCUT2D eigenvalue weighted by atomic mass is 16.2. The molecule has 2 bridgehead atoms. The molecule has 0 saturated carbocycles. The third kappa shape index (κ3) is 2.54. The number of amides is 1. The minimum absolute atomic E-state index is 0.0417. The van der Waals surface area contributed by atoms with Crippen LogP contribution in [0.25, 0.3) is 0 Å². The van der Waals surface area contributed by atoms with Gasteiger partial charge in [0.1, 0.15) is 0 Å². The number of fused-ring (bicyclic) bond motifs is 2. The summed E-state index contributed by atoms with van der Waals surface area (Å²) in [7, 11) is 3.71. The average Bonchev–Trinajstić information content (AvgIpc) is 2.59. The lowest BCUT2D eigenvalue weighted by Gasteiger charge is -2.42. The summed E-state index contributed by atoms with van der Waals surface area (Å²) >= 11 is 0. The van der Waals surface area contributed by atoms with Crippen LogP contribution < -0.4 is 5.32 Å². The first-order valence-corrected chi connectivity index (χ1v) is 7.26. The Hall–Kier alpha value is -0.610. The summed E-state index contributed by atoms with van der Waals surface area (Å²) in [5.74, 6) is 0.244. The predicted octanol–water partition coefficient (Wildman–Crippen LogP) is 1.07. The van der Waals surface area contributed by atoms with Crippen molar-refractivity contribution in [3.05, 3.63) is 0 Å². The molecule has 0 aliphatic carbocycles. The Morgan fingerprint density at radius 3 is 2.33 bits per heavy atom. The number of nitrogens with one attached hydrogen (secondary N) is 1. The molecule has 2 aliphatic heterocycles. The first-order valence-electron chi connectivity index (χ1n) is 7.26. The molecular weight excluding hydrogens is 226 g/mol. The van der Waals surface area contributed by atoms with E-state index in [2.05, 4.69) is 24.1 Å². The van der Waals surface area contributed by atoms with E-state index in [9.17, 15) is 4.79 Å². The van der Waals surface area contributed by atoms with Crippen molar-refractivity contribution in [1.29, 1.82) is 0 Å². The van der Waals surface area contributed by atoms with Gasteiger partial charge in [-0.05, 0) is 39.2 Å². The maximum Gasteiger partial charge on any atom is 0.239 e. The molecule has 0 aromatic carbocycles. The highest BCUT2D eigenvalue weighted by Gasteiger charge is 2.44. The maximum absolute atomic E-state index is 12.1. The molecule has 4 nitrogen and oxygen atoms in total. The van der Waals surface area contributed by atoms with Crippen LogP contribution in [0.3, 0.4) is 0 Å². The van der Waals surface area contributed by atoms with Gasteiger partial charge in [0.15, 0.2) is 0 Å². The Morgan fingerprint density at radius 2 is 1.89 bits per heavy atom. The number of piperidine rings is 1. The van der Waals surface area contributed by atoms with E-state index in [-0.39, 0.29) is 11.9 Å². The largest absolute Gasteiger partial charge is 0.347 e. The van der Waals surface area contributed by atoms with Gasteiger partial charge in [-0.2, -0.15) is 0 Å². The van der Waals surface area contributed by atoms with Gasteiger partial charge in [-0.25, -0.2) is 0 Å². The lowest BCUT2D eigenvalue weighted by molar-refractivity contribution is -0.135. The second-order valence-electron chi connectivity index (χ2n) is 5.97. The van der Waals surface area contributed by atoms with E-state index in [4.69, 9.17) is 0 Å². The van der Waals surface area contributed by atoms with Crippen molar-refractivity contribution in [2.75, 3.05) is 20.6 Å². The normalized spacial score (nSPS) is 33.4. The molecule has 2 fully saturated rings. The standard InChI is InChI=1S/C14H27N3O/c1-5-15-11-8-12-6-7-13(9-11)17(12)10(2)14(18)16(3)4/h10-13,15H,5-9H2,1-4H3. The molecule has 2 saturated heterocycles. The third-order valence-corrected chi connectivity index (χ3v) is 4.53. The zero-order valence-electron chi connectivity index (χ0n) is 12.1. The maximum atomic E-state index is 12.1. The van der Waals surface area contributed by atoms with Gasteiger partial charge >= 0.3 is 0 Å². The van der Waals surface area contributed by atoms with Crippen LogP contribution in [0.2, 0.25) is 0 Å². The van der Waals surface area contributed by atoms with E-state index in [0.29, 0.717) is 18.1 Å². The molecule has 0 aromatic heterocycles. The lowest BCUT2D eigenvalue weighted by atomic mass is 9.95. The van der Waals surface area contributed by atoms with Crippen molar-refractivity contribution in [2.45, 2.75) is 63.7 Å². The van der Waals surface area contributed by atoms with Gasteiger partial charge in [0.25, 0.3) is 0 Å². The summed E-state index contributed by atoms with van der Waals surface area (Å²) in [6.45, 7) is 5.30. The van der Waals surface area contributed by atoms with Gasteiger partial charge in [-0.1, -0.05) is 6.92 Å². The topological polar surface area (TPSA) is 35.6 Å². The highest BCUT2D eigenvalue weighted by Crippen LogP contribution is 2.37. The Bertz CT molecular complexity index is 291. The van der Waals surface area contributed by atoms with Gasteiger partial charge in [0.05, 0.1) is 6.04 Å². The summed E-state index contributed by atoms with van der Waals surface area (Å²) in [6.07, 6.45) is 4.93. The van der Waals surface area contributed by atoms with Gasteiger partial charge in [-0.15, -0.1) is 0 Å². The quantitative estimate of drug-likeness (QED) is 0.814.